The summed E-state index contributed by atoms with van der Waals surface area (Å²) in [4.78, 5) is 63.1. The number of carbonyl (C=O) groups is 3. The molecule has 0 saturated carbocycles. The van der Waals surface area contributed by atoms with Crippen molar-refractivity contribution in [3.63, 3.8) is 0 Å². The summed E-state index contributed by atoms with van der Waals surface area (Å²) in [7, 11) is 0. The molecule has 3 heterocycles. The van der Waals surface area contributed by atoms with Gasteiger partial charge in [-0.3, -0.25) is 9.36 Å². The number of aromatic nitrogens is 4. The minimum absolute atomic E-state index is 0.127. The summed E-state index contributed by atoms with van der Waals surface area (Å²) < 4.78 is 48.1. The molecule has 1 aliphatic heterocycles. The van der Waals surface area contributed by atoms with E-state index in [4.69, 9.17) is 4.74 Å². The van der Waals surface area contributed by atoms with Crippen LogP contribution in [0.5, 0.6) is 0 Å². The molecule has 16 heteroatoms. The van der Waals surface area contributed by atoms with E-state index in [9.17, 15) is 32.3 Å². The molecular weight excluding hydrogens is 635 g/mol. The molecule has 1 fully saturated rings. The smallest absolute Gasteiger partial charge is 0.445 e. The Bertz CT molecular complexity index is 1770. The molecule has 0 bridgehead atoms. The average Bonchev–Trinajstić information content (AvgIpc) is 3.48. The number of para-hydroxylation sites is 2. The molecule has 5 rings (SSSR count). The van der Waals surface area contributed by atoms with Gasteiger partial charge in [-0.15, -0.1) is 0 Å². The number of fused-ring (bicyclic) bond motifs is 1. The monoisotopic (exact) mass is 669 g/mol. The lowest BCUT2D eigenvalue weighted by molar-refractivity contribution is -0.202. The maximum atomic E-state index is 13.1. The second kappa shape index (κ2) is 15.0. The number of nitrogens with one attached hydrogen (secondary N) is 3. The molecule has 254 valence electrons. The predicted molar refractivity (Wildman–Crippen MR) is 168 cm³/mol. The number of alkyl halides is 3. The van der Waals surface area contributed by atoms with E-state index in [0.29, 0.717) is 41.9 Å². The molecule has 4 aromatic rings. The number of anilines is 2. The Balaban J connectivity index is 1.20. The van der Waals surface area contributed by atoms with E-state index in [1.165, 1.54) is 6.20 Å². The third-order valence-electron chi connectivity index (χ3n) is 7.81. The first-order chi connectivity index (χ1) is 22.9. The summed E-state index contributed by atoms with van der Waals surface area (Å²) in [5.41, 5.74) is 2.43. The van der Waals surface area contributed by atoms with Crippen LogP contribution >= 0.6 is 0 Å². The fourth-order valence-electron chi connectivity index (χ4n) is 5.40. The van der Waals surface area contributed by atoms with Crippen molar-refractivity contribution in [1.82, 2.24) is 24.8 Å². The SMILES string of the molecule is Cc1cn(CC(CC(=O)OC(=O)C(F)(F)F)NC(=O)OCc2ccccc2)c(=O)nc1N1CCC(CNc2nc3ccccc3[nH]2)CC1. The quantitative estimate of drug-likeness (QED) is 0.157. The van der Waals surface area contributed by atoms with Gasteiger partial charge >= 0.3 is 29.9 Å². The summed E-state index contributed by atoms with van der Waals surface area (Å²) in [5.74, 6) is -2.67. The van der Waals surface area contributed by atoms with Gasteiger partial charge in [0.1, 0.15) is 12.4 Å². The molecule has 1 atom stereocenters. The molecule has 0 spiro atoms. The molecule has 2 aromatic heterocycles. The average molecular weight is 670 g/mol. The lowest BCUT2D eigenvalue weighted by Crippen LogP contribution is -2.43. The maximum absolute atomic E-state index is 13.1. The van der Waals surface area contributed by atoms with E-state index >= 15 is 0 Å². The van der Waals surface area contributed by atoms with Crippen LogP contribution in [0.1, 0.15) is 30.4 Å². The number of alkyl carbamates (subject to hydrolysis) is 1. The van der Waals surface area contributed by atoms with Gasteiger partial charge in [-0.05, 0) is 43.4 Å². The van der Waals surface area contributed by atoms with Crippen LogP contribution in [0.3, 0.4) is 0 Å². The lowest BCUT2D eigenvalue weighted by Gasteiger charge is -2.33. The van der Waals surface area contributed by atoms with Crippen molar-refractivity contribution in [3.05, 3.63) is 82.4 Å². The van der Waals surface area contributed by atoms with Crippen molar-refractivity contribution in [2.24, 2.45) is 5.92 Å². The van der Waals surface area contributed by atoms with Crippen molar-refractivity contribution >= 4 is 40.8 Å². The third kappa shape index (κ3) is 9.11. The number of aromatic amines is 1. The van der Waals surface area contributed by atoms with E-state index in [-0.39, 0.29) is 13.2 Å². The summed E-state index contributed by atoms with van der Waals surface area (Å²) in [5, 5.41) is 5.74. The van der Waals surface area contributed by atoms with Crippen LogP contribution < -0.4 is 21.2 Å². The van der Waals surface area contributed by atoms with E-state index in [1.807, 2.05) is 29.2 Å². The summed E-state index contributed by atoms with van der Waals surface area (Å²) >= 11 is 0. The highest BCUT2D eigenvalue weighted by molar-refractivity contribution is 5.88. The number of H-pyrrole nitrogens is 1. The zero-order chi connectivity index (χ0) is 34.3. The van der Waals surface area contributed by atoms with E-state index in [0.717, 1.165) is 35.0 Å². The van der Waals surface area contributed by atoms with E-state index < -0.39 is 42.4 Å². The first-order valence-corrected chi connectivity index (χ1v) is 15.3. The highest BCUT2D eigenvalue weighted by Crippen LogP contribution is 2.24. The van der Waals surface area contributed by atoms with Gasteiger partial charge in [0.05, 0.1) is 23.5 Å². The molecule has 13 nitrogen and oxygen atoms in total. The normalized spacial score (nSPS) is 14.4. The molecule has 2 aromatic carbocycles. The number of piperidine rings is 1. The molecule has 3 N–H and O–H groups in total. The maximum Gasteiger partial charge on any atom is 0.491 e. The summed E-state index contributed by atoms with van der Waals surface area (Å²) in [6.45, 7) is 3.29. The number of aryl methyl sites for hydroxylation is 1. The van der Waals surface area contributed by atoms with Gasteiger partial charge in [-0.2, -0.15) is 18.2 Å². The standard InChI is InChI=1S/C32H34F3N7O6/c1-20-17-42(18-23(15-26(43)48-28(44)32(33,34)35)37-31(46)47-19-22-7-3-2-4-8-22)30(45)40-27(20)41-13-11-21(12-14-41)16-36-29-38-24-9-5-6-10-25(24)39-29/h2-10,17,21,23H,11-16,18-19H2,1H3,(H,37,46)(H2,36,38,39). The largest absolute Gasteiger partial charge is 0.491 e. The number of imidazole rings is 1. The predicted octanol–water partition coefficient (Wildman–Crippen LogP) is 4.07. The number of ether oxygens (including phenoxy) is 2. The second-order valence-corrected chi connectivity index (χ2v) is 11.5. The Kier molecular flexibility index (Phi) is 10.6. The van der Waals surface area contributed by atoms with Gasteiger partial charge in [-0.25, -0.2) is 19.4 Å². The number of nitrogens with zero attached hydrogens (tertiary/aromatic N) is 4. The van der Waals surface area contributed by atoms with Crippen LogP contribution in [0.25, 0.3) is 11.0 Å². The van der Waals surface area contributed by atoms with Crippen LogP contribution in [0.4, 0.5) is 29.7 Å². The zero-order valence-corrected chi connectivity index (χ0v) is 26.0. The minimum Gasteiger partial charge on any atom is -0.445 e. The summed E-state index contributed by atoms with van der Waals surface area (Å²) in [6, 6.07) is 15.2. The van der Waals surface area contributed by atoms with Gasteiger partial charge in [0, 0.05) is 37.9 Å². The molecule has 0 radical (unpaired) electrons. The Morgan fingerprint density at radius 1 is 1.04 bits per heavy atom. The van der Waals surface area contributed by atoms with Gasteiger partial charge in [-0.1, -0.05) is 42.5 Å². The van der Waals surface area contributed by atoms with E-state index in [1.54, 1.807) is 37.3 Å². The zero-order valence-electron chi connectivity index (χ0n) is 26.0. The van der Waals surface area contributed by atoms with E-state index in [2.05, 4.69) is 30.3 Å². The molecule has 1 aliphatic rings. The molecule has 1 saturated heterocycles. The molecule has 0 aliphatic carbocycles. The number of halogens is 3. The van der Waals surface area contributed by atoms with Crippen molar-refractivity contribution < 1.29 is 37.0 Å². The fraction of sp³-hybridized carbons (Fsp3) is 0.375. The summed E-state index contributed by atoms with van der Waals surface area (Å²) in [6.07, 6.45) is -4.06. The second-order valence-electron chi connectivity index (χ2n) is 11.5. The Morgan fingerprint density at radius 3 is 2.46 bits per heavy atom. The van der Waals surface area contributed by atoms with Gasteiger partial charge in [0.25, 0.3) is 0 Å². The van der Waals surface area contributed by atoms with Crippen molar-refractivity contribution in [2.75, 3.05) is 29.9 Å². The topological polar surface area (TPSA) is 161 Å². The first kappa shape index (κ1) is 33.9. The van der Waals surface area contributed by atoms with Crippen molar-refractivity contribution in [2.45, 2.75) is 51.6 Å². The Hall–Kier alpha value is -5.41. The van der Waals surface area contributed by atoms with Crippen LogP contribution in [0.15, 0.2) is 65.6 Å². The number of benzene rings is 2. The molecule has 48 heavy (non-hydrogen) atoms. The lowest BCUT2D eigenvalue weighted by atomic mass is 9.96. The number of hydrogen-bond acceptors (Lipinski definition) is 10. The van der Waals surface area contributed by atoms with Crippen molar-refractivity contribution in [3.8, 4) is 0 Å². The van der Waals surface area contributed by atoms with Crippen LogP contribution in [-0.2, 0) is 32.2 Å². The van der Waals surface area contributed by atoms with Gasteiger partial charge < -0.3 is 30.0 Å². The van der Waals surface area contributed by atoms with Crippen LogP contribution in [-0.4, -0.2) is 69.4 Å². The van der Waals surface area contributed by atoms with Crippen LogP contribution in [0, 0.1) is 12.8 Å². The number of carbonyl (C=O) groups excluding carboxylic acids is 3. The molecule has 1 unspecified atom stereocenters. The highest BCUT2D eigenvalue weighted by atomic mass is 19.4. The number of amides is 1. The first-order valence-electron chi connectivity index (χ1n) is 15.3. The Labute approximate surface area is 272 Å². The third-order valence-corrected chi connectivity index (χ3v) is 7.81. The minimum atomic E-state index is -5.39. The number of hydrogen-bond donors (Lipinski definition) is 3. The number of esters is 2. The van der Waals surface area contributed by atoms with Gasteiger partial charge in [0.2, 0.25) is 5.95 Å². The highest BCUT2D eigenvalue weighted by Gasteiger charge is 2.42. The van der Waals surface area contributed by atoms with Gasteiger partial charge in [0.15, 0.2) is 0 Å². The number of rotatable bonds is 11. The molecular formula is C32H34F3N7O6. The van der Waals surface area contributed by atoms with Crippen LogP contribution in [0.2, 0.25) is 0 Å². The Morgan fingerprint density at radius 2 is 1.75 bits per heavy atom. The van der Waals surface area contributed by atoms with Crippen molar-refractivity contribution in [1.29, 1.82) is 0 Å². The molecule has 1 amide bonds. The fourth-order valence-corrected chi connectivity index (χ4v) is 5.40.